The van der Waals surface area contributed by atoms with E-state index in [4.69, 9.17) is 21.1 Å². The molecule has 3 aromatic heterocycles. The molecular formula is C21H25ClF2N8O4S. The van der Waals surface area contributed by atoms with E-state index in [0.29, 0.717) is 17.9 Å². The van der Waals surface area contributed by atoms with Gasteiger partial charge in [0.1, 0.15) is 18.0 Å². The predicted octanol–water partition coefficient (Wildman–Crippen LogP) is 3.21. The molecular weight excluding hydrogens is 534 g/mol. The fourth-order valence-corrected chi connectivity index (χ4v) is 5.39. The highest BCUT2D eigenvalue weighted by molar-refractivity contribution is 7.93. The number of nitrogens with zero attached hydrogens (tertiary/aromatic N) is 7. The van der Waals surface area contributed by atoms with Gasteiger partial charge in [0.25, 0.3) is 0 Å². The van der Waals surface area contributed by atoms with Crippen molar-refractivity contribution in [1.82, 2.24) is 34.7 Å². The molecule has 1 aliphatic rings. The van der Waals surface area contributed by atoms with E-state index in [2.05, 4.69) is 34.9 Å². The van der Waals surface area contributed by atoms with Crippen molar-refractivity contribution in [2.24, 2.45) is 5.92 Å². The maximum atomic E-state index is 13.6. The highest BCUT2D eigenvalue weighted by atomic mass is 35.5. The summed E-state index contributed by atoms with van der Waals surface area (Å²) in [5.74, 6) is -2.12. The van der Waals surface area contributed by atoms with Crippen LogP contribution in [0.1, 0.15) is 50.2 Å². The summed E-state index contributed by atoms with van der Waals surface area (Å²) in [5, 5.41) is 7.40. The SMILES string of the molecule is COc1ncnc(OC)c1-n1c(NS(=O)(=O)[C@@H](C)[C@H](C)c2ncc(Cl)cn2)nnc1[C@H]1CC[C@H]1C(F)F. The van der Waals surface area contributed by atoms with Gasteiger partial charge in [0.15, 0.2) is 5.69 Å². The van der Waals surface area contributed by atoms with Crippen molar-refractivity contribution in [2.45, 2.75) is 50.2 Å². The number of halogens is 3. The highest BCUT2D eigenvalue weighted by Crippen LogP contribution is 2.47. The van der Waals surface area contributed by atoms with Crippen LogP contribution >= 0.6 is 11.6 Å². The molecule has 37 heavy (non-hydrogen) atoms. The van der Waals surface area contributed by atoms with E-state index in [1.165, 1.54) is 44.4 Å². The minimum absolute atomic E-state index is 0.0113. The Hall–Kier alpha value is -3.20. The van der Waals surface area contributed by atoms with Gasteiger partial charge in [-0.25, -0.2) is 27.2 Å². The number of alkyl halides is 2. The van der Waals surface area contributed by atoms with Crippen molar-refractivity contribution in [1.29, 1.82) is 0 Å². The first-order valence-corrected chi connectivity index (χ1v) is 13.2. The lowest BCUT2D eigenvalue weighted by atomic mass is 9.73. The van der Waals surface area contributed by atoms with Crippen molar-refractivity contribution in [3.05, 3.63) is 35.4 Å². The monoisotopic (exact) mass is 558 g/mol. The molecule has 16 heteroatoms. The standard InChI is InChI=1S/C21H25ClF2N8O4S/c1-10(17-25-7-12(22)8-26-17)11(2)37(33,34)31-21-30-29-18(14-6-5-13(14)16(23)24)32(21)15-19(35-3)27-9-28-20(15)36-4/h7-11,13-14,16H,5-6H2,1-4H3,(H,30,31)/t10-,11-,13+,14-/m0/s1. The molecule has 0 bridgehead atoms. The minimum atomic E-state index is -4.13. The van der Waals surface area contributed by atoms with Gasteiger partial charge >= 0.3 is 0 Å². The Labute approximate surface area is 216 Å². The third kappa shape index (κ3) is 5.14. The Morgan fingerprint density at radius 2 is 1.68 bits per heavy atom. The number of hydrogen-bond acceptors (Lipinski definition) is 10. The van der Waals surface area contributed by atoms with E-state index in [0.717, 1.165) is 0 Å². The second kappa shape index (κ2) is 10.7. The average molecular weight is 559 g/mol. The zero-order valence-corrected chi connectivity index (χ0v) is 21.9. The van der Waals surface area contributed by atoms with Crippen LogP contribution in [0.5, 0.6) is 11.8 Å². The molecule has 1 N–H and O–H groups in total. The lowest BCUT2D eigenvalue weighted by Crippen LogP contribution is -2.33. The zero-order valence-electron chi connectivity index (χ0n) is 20.3. The quantitative estimate of drug-likeness (QED) is 0.393. The van der Waals surface area contributed by atoms with Gasteiger partial charge in [0, 0.05) is 30.1 Å². The molecule has 12 nitrogen and oxygen atoms in total. The molecule has 0 spiro atoms. The summed E-state index contributed by atoms with van der Waals surface area (Å²) >= 11 is 5.84. The fourth-order valence-electron chi connectivity index (χ4n) is 4.06. The number of hydrogen-bond donors (Lipinski definition) is 1. The highest BCUT2D eigenvalue weighted by Gasteiger charge is 2.43. The van der Waals surface area contributed by atoms with Gasteiger partial charge in [0.2, 0.25) is 34.2 Å². The smallest absolute Gasteiger partial charge is 0.245 e. The van der Waals surface area contributed by atoms with Crippen LogP contribution < -0.4 is 14.2 Å². The zero-order chi connectivity index (χ0) is 26.9. The van der Waals surface area contributed by atoms with Crippen LogP contribution in [0.15, 0.2) is 18.7 Å². The first-order chi connectivity index (χ1) is 17.6. The van der Waals surface area contributed by atoms with E-state index in [1.807, 2.05) is 0 Å². The van der Waals surface area contributed by atoms with E-state index < -0.39 is 39.5 Å². The van der Waals surface area contributed by atoms with Gasteiger partial charge in [0.05, 0.1) is 24.5 Å². The van der Waals surface area contributed by atoms with Gasteiger partial charge in [-0.05, 0) is 19.8 Å². The maximum absolute atomic E-state index is 13.6. The molecule has 0 radical (unpaired) electrons. The van der Waals surface area contributed by atoms with Crippen molar-refractivity contribution in [2.75, 3.05) is 18.9 Å². The van der Waals surface area contributed by atoms with Gasteiger partial charge in [-0.3, -0.25) is 9.29 Å². The van der Waals surface area contributed by atoms with Crippen LogP contribution in [0.25, 0.3) is 5.69 Å². The molecule has 1 saturated carbocycles. The first-order valence-electron chi connectivity index (χ1n) is 11.2. The van der Waals surface area contributed by atoms with Crippen molar-refractivity contribution < 1.29 is 26.7 Å². The van der Waals surface area contributed by atoms with Crippen LogP contribution in [0.3, 0.4) is 0 Å². The Morgan fingerprint density at radius 3 is 2.19 bits per heavy atom. The Balaban J connectivity index is 1.78. The van der Waals surface area contributed by atoms with Crippen molar-refractivity contribution in [3.63, 3.8) is 0 Å². The number of nitrogens with one attached hydrogen (secondary N) is 1. The summed E-state index contributed by atoms with van der Waals surface area (Å²) in [6.45, 7) is 3.14. The molecule has 0 aromatic carbocycles. The number of rotatable bonds is 10. The van der Waals surface area contributed by atoms with Crippen LogP contribution in [-0.4, -0.2) is 69.0 Å². The number of aromatic nitrogens is 7. The summed E-state index contributed by atoms with van der Waals surface area (Å²) < 4.78 is 68.5. The molecule has 200 valence electrons. The molecule has 0 aliphatic heterocycles. The summed E-state index contributed by atoms with van der Waals surface area (Å²) in [6, 6.07) is 0. The molecule has 1 fully saturated rings. The summed E-state index contributed by atoms with van der Waals surface area (Å²) in [6.07, 6.45) is 2.07. The summed E-state index contributed by atoms with van der Waals surface area (Å²) in [4.78, 5) is 16.4. The van der Waals surface area contributed by atoms with Crippen LogP contribution in [0.4, 0.5) is 14.7 Å². The largest absolute Gasteiger partial charge is 0.479 e. The van der Waals surface area contributed by atoms with Crippen LogP contribution in [0.2, 0.25) is 5.02 Å². The summed E-state index contributed by atoms with van der Waals surface area (Å²) in [7, 11) is -1.43. The molecule has 3 heterocycles. The molecule has 0 amide bonds. The van der Waals surface area contributed by atoms with E-state index in [-0.39, 0.29) is 35.0 Å². The number of sulfonamides is 1. The molecule has 0 unspecified atom stereocenters. The number of methoxy groups -OCH3 is 2. The Morgan fingerprint density at radius 1 is 1.05 bits per heavy atom. The van der Waals surface area contributed by atoms with Gasteiger partial charge in [-0.15, -0.1) is 10.2 Å². The second-order valence-corrected chi connectivity index (χ2v) is 11.0. The topological polar surface area (TPSA) is 147 Å². The van der Waals surface area contributed by atoms with Crippen LogP contribution in [0, 0.1) is 5.92 Å². The Kier molecular flexibility index (Phi) is 7.73. The molecule has 3 aromatic rings. The normalized spacial score (nSPS) is 19.2. The molecule has 4 rings (SSSR count). The lowest BCUT2D eigenvalue weighted by Gasteiger charge is -2.35. The van der Waals surface area contributed by atoms with Gasteiger partial charge < -0.3 is 9.47 Å². The molecule has 4 atom stereocenters. The fraction of sp³-hybridized carbons (Fsp3) is 0.524. The van der Waals surface area contributed by atoms with E-state index >= 15 is 0 Å². The Bertz CT molecular complexity index is 1340. The second-order valence-electron chi connectivity index (χ2n) is 8.54. The molecule has 0 saturated heterocycles. The summed E-state index contributed by atoms with van der Waals surface area (Å²) in [5.41, 5.74) is 0.0758. The minimum Gasteiger partial charge on any atom is -0.479 e. The van der Waals surface area contributed by atoms with E-state index in [1.54, 1.807) is 6.92 Å². The van der Waals surface area contributed by atoms with Crippen molar-refractivity contribution >= 4 is 27.6 Å². The third-order valence-corrected chi connectivity index (χ3v) is 8.56. The number of anilines is 1. The number of ether oxygens (including phenoxy) is 2. The average Bonchev–Trinajstić information content (AvgIpc) is 3.23. The van der Waals surface area contributed by atoms with E-state index in [9.17, 15) is 17.2 Å². The van der Waals surface area contributed by atoms with Gasteiger partial charge in [-0.2, -0.15) is 9.97 Å². The first kappa shape index (κ1) is 26.9. The predicted molar refractivity (Wildman–Crippen MR) is 129 cm³/mol. The van der Waals surface area contributed by atoms with Crippen molar-refractivity contribution in [3.8, 4) is 17.4 Å². The third-order valence-electron chi connectivity index (χ3n) is 6.51. The maximum Gasteiger partial charge on any atom is 0.245 e. The van der Waals surface area contributed by atoms with Crippen LogP contribution in [-0.2, 0) is 10.0 Å². The lowest BCUT2D eigenvalue weighted by molar-refractivity contribution is 0.0139. The van der Waals surface area contributed by atoms with Gasteiger partial charge in [-0.1, -0.05) is 18.5 Å². The molecule has 1 aliphatic carbocycles.